The molecule has 1 aromatic heterocycles. The highest BCUT2D eigenvalue weighted by molar-refractivity contribution is 5.91. The molecule has 1 aromatic rings. The maximum atomic E-state index is 11.1. The Morgan fingerprint density at radius 1 is 1.47 bits per heavy atom. The van der Waals surface area contributed by atoms with Gasteiger partial charge in [-0.05, 0) is 11.6 Å². The molecule has 0 bridgehead atoms. The van der Waals surface area contributed by atoms with Crippen LogP contribution in [-0.2, 0) is 6.54 Å². The lowest BCUT2D eigenvalue weighted by Gasteiger charge is -2.19. The van der Waals surface area contributed by atoms with Crippen LogP contribution in [0.2, 0.25) is 0 Å². The summed E-state index contributed by atoms with van der Waals surface area (Å²) >= 11 is 0. The molecule has 0 atom stereocenters. The minimum absolute atomic E-state index is 0. The molecule has 94 valence electrons. The maximum Gasteiger partial charge on any atom is 0.315 e. The molecule has 1 rings (SSSR count). The van der Waals surface area contributed by atoms with Crippen LogP contribution in [0.5, 0.6) is 0 Å². The highest BCUT2D eigenvalue weighted by atomic mass is 16.2. The van der Waals surface area contributed by atoms with Gasteiger partial charge in [-0.1, -0.05) is 6.07 Å². The number of aromatic nitrogens is 1. The Hall–Kier alpha value is -1.95. The summed E-state index contributed by atoms with van der Waals surface area (Å²) in [5.41, 5.74) is 11.8. The van der Waals surface area contributed by atoms with Gasteiger partial charge in [-0.15, -0.1) is 0 Å². The monoisotopic (exact) mass is 238 g/mol. The molecule has 0 fully saturated rings. The van der Waals surface area contributed by atoms with Crippen molar-refractivity contribution in [1.29, 1.82) is 0 Å². The zero-order chi connectivity index (χ0) is 12.8. The van der Waals surface area contributed by atoms with Crippen molar-refractivity contribution in [3.63, 3.8) is 0 Å². The highest BCUT2D eigenvalue weighted by Crippen LogP contribution is 2.05. The average Bonchev–Trinajstić information content (AvgIpc) is 2.29. The van der Waals surface area contributed by atoms with Gasteiger partial charge in [0.2, 0.25) is 0 Å². The molecule has 0 radical (unpaired) electrons. The molecule has 6 nitrogen and oxygen atoms in total. The summed E-state index contributed by atoms with van der Waals surface area (Å²) in [6, 6.07) is 2.85. The molecule has 2 amide bonds. The maximum absolute atomic E-state index is 11.1. The summed E-state index contributed by atoms with van der Waals surface area (Å²) in [5, 5.41) is 0. The van der Waals surface area contributed by atoms with Crippen molar-refractivity contribution in [1.82, 2.24) is 9.88 Å². The SMILES string of the molecule is CC(=O)c1ccc(CN(CCN)C(N)=O)cn1.[HH]. The number of hydrogen-bond donors (Lipinski definition) is 2. The Bertz CT molecular complexity index is 408. The molecule has 0 saturated heterocycles. The third-order valence-corrected chi connectivity index (χ3v) is 2.27. The molecule has 4 N–H and O–H groups in total. The third-order valence-electron chi connectivity index (χ3n) is 2.27. The van der Waals surface area contributed by atoms with Crippen LogP contribution in [0.25, 0.3) is 0 Å². The molecule has 0 aliphatic rings. The number of ketones is 1. The van der Waals surface area contributed by atoms with Crippen LogP contribution >= 0.6 is 0 Å². The second-order valence-electron chi connectivity index (χ2n) is 3.66. The van der Waals surface area contributed by atoms with Gasteiger partial charge in [0.25, 0.3) is 0 Å². The number of nitrogens with two attached hydrogens (primary N) is 2. The van der Waals surface area contributed by atoms with E-state index in [-0.39, 0.29) is 7.21 Å². The molecule has 0 aliphatic heterocycles. The van der Waals surface area contributed by atoms with Crippen molar-refractivity contribution in [2.75, 3.05) is 13.1 Å². The molecular formula is C11H18N4O2. The first-order chi connectivity index (χ1) is 8.04. The Kier molecular flexibility index (Phi) is 4.59. The molecule has 0 aliphatic carbocycles. The van der Waals surface area contributed by atoms with Crippen LogP contribution < -0.4 is 11.5 Å². The minimum atomic E-state index is -0.522. The van der Waals surface area contributed by atoms with Crippen LogP contribution in [0.4, 0.5) is 4.79 Å². The van der Waals surface area contributed by atoms with Crippen molar-refractivity contribution < 1.29 is 11.0 Å². The molecule has 6 heteroatoms. The fraction of sp³-hybridized carbons (Fsp3) is 0.364. The molecule has 0 unspecified atom stereocenters. The molecule has 17 heavy (non-hydrogen) atoms. The molecule has 0 aromatic carbocycles. The molecule has 0 saturated carbocycles. The predicted octanol–water partition coefficient (Wildman–Crippen LogP) is 0.370. The highest BCUT2D eigenvalue weighted by Gasteiger charge is 2.09. The second kappa shape index (κ2) is 5.95. The second-order valence-corrected chi connectivity index (χ2v) is 3.66. The van der Waals surface area contributed by atoms with E-state index in [1.807, 2.05) is 0 Å². The number of rotatable bonds is 5. The van der Waals surface area contributed by atoms with Gasteiger partial charge >= 0.3 is 6.03 Å². The summed E-state index contributed by atoms with van der Waals surface area (Å²) in [5.74, 6) is -0.0923. The Balaban J connectivity index is 0.00000289. The number of hydrogen-bond acceptors (Lipinski definition) is 4. The third kappa shape index (κ3) is 3.84. The fourth-order valence-corrected chi connectivity index (χ4v) is 1.37. The lowest BCUT2D eigenvalue weighted by atomic mass is 10.2. The zero-order valence-electron chi connectivity index (χ0n) is 9.72. The largest absolute Gasteiger partial charge is 0.351 e. The van der Waals surface area contributed by atoms with E-state index in [2.05, 4.69) is 4.98 Å². The van der Waals surface area contributed by atoms with Crippen molar-refractivity contribution in [2.45, 2.75) is 13.5 Å². The number of nitrogens with zero attached hydrogens (tertiary/aromatic N) is 2. The fourth-order valence-electron chi connectivity index (χ4n) is 1.37. The quantitative estimate of drug-likeness (QED) is 0.723. The first-order valence-corrected chi connectivity index (χ1v) is 5.25. The van der Waals surface area contributed by atoms with Crippen molar-refractivity contribution in [3.8, 4) is 0 Å². The Labute approximate surface area is 101 Å². The van der Waals surface area contributed by atoms with Crippen LogP contribution in [0.1, 0.15) is 24.4 Å². The van der Waals surface area contributed by atoms with Gasteiger partial charge in [-0.3, -0.25) is 9.78 Å². The first kappa shape index (κ1) is 13.1. The number of carbonyl (C=O) groups excluding carboxylic acids is 2. The lowest BCUT2D eigenvalue weighted by Crippen LogP contribution is -2.38. The van der Waals surface area contributed by atoms with Gasteiger partial charge in [0, 0.05) is 34.2 Å². The van der Waals surface area contributed by atoms with Gasteiger partial charge < -0.3 is 16.4 Å². The zero-order valence-corrected chi connectivity index (χ0v) is 9.72. The standard InChI is InChI=1S/C11H16N4O2.H2/c1-8(16)10-3-2-9(6-14-10)7-15(5-4-12)11(13)17;/h2-3,6H,4-5,7,12H2,1H3,(H2,13,17);1H. The minimum Gasteiger partial charge on any atom is -0.351 e. The smallest absolute Gasteiger partial charge is 0.315 e. The Morgan fingerprint density at radius 3 is 2.59 bits per heavy atom. The van der Waals surface area contributed by atoms with E-state index in [0.29, 0.717) is 25.3 Å². The Morgan fingerprint density at radius 2 is 2.18 bits per heavy atom. The van der Waals surface area contributed by atoms with Crippen molar-refractivity contribution in [3.05, 3.63) is 29.6 Å². The van der Waals surface area contributed by atoms with E-state index >= 15 is 0 Å². The normalized spacial score (nSPS) is 10.0. The summed E-state index contributed by atoms with van der Waals surface area (Å²) in [6.07, 6.45) is 1.56. The van der Waals surface area contributed by atoms with Crippen molar-refractivity contribution >= 4 is 11.8 Å². The number of pyridine rings is 1. The molecule has 1 heterocycles. The van der Waals surface area contributed by atoms with E-state index < -0.39 is 6.03 Å². The van der Waals surface area contributed by atoms with Crippen LogP contribution in [-0.4, -0.2) is 34.8 Å². The number of carbonyl (C=O) groups is 2. The van der Waals surface area contributed by atoms with Gasteiger partial charge in [-0.25, -0.2) is 4.79 Å². The van der Waals surface area contributed by atoms with Gasteiger partial charge in [0.15, 0.2) is 5.78 Å². The van der Waals surface area contributed by atoms with Crippen LogP contribution in [0.15, 0.2) is 18.3 Å². The summed E-state index contributed by atoms with van der Waals surface area (Å²) in [4.78, 5) is 27.5. The summed E-state index contributed by atoms with van der Waals surface area (Å²) < 4.78 is 0. The van der Waals surface area contributed by atoms with E-state index in [4.69, 9.17) is 11.5 Å². The predicted molar refractivity (Wildman–Crippen MR) is 65.4 cm³/mol. The number of primary amides is 1. The van der Waals surface area contributed by atoms with E-state index in [1.165, 1.54) is 11.8 Å². The number of amides is 2. The molecular weight excluding hydrogens is 220 g/mol. The summed E-state index contributed by atoms with van der Waals surface area (Å²) in [7, 11) is 0. The molecule has 0 spiro atoms. The van der Waals surface area contributed by atoms with Gasteiger partial charge in [0.1, 0.15) is 5.69 Å². The summed E-state index contributed by atoms with van der Waals surface area (Å²) in [6.45, 7) is 2.54. The van der Waals surface area contributed by atoms with E-state index in [0.717, 1.165) is 5.56 Å². The van der Waals surface area contributed by atoms with Gasteiger partial charge in [0.05, 0.1) is 0 Å². The topological polar surface area (TPSA) is 102 Å². The van der Waals surface area contributed by atoms with E-state index in [1.54, 1.807) is 18.3 Å². The number of urea groups is 1. The average molecular weight is 238 g/mol. The van der Waals surface area contributed by atoms with Gasteiger partial charge in [-0.2, -0.15) is 0 Å². The van der Waals surface area contributed by atoms with E-state index in [9.17, 15) is 9.59 Å². The number of Topliss-reactive ketones (excluding diaryl/α,β-unsaturated/α-hetero) is 1. The van der Waals surface area contributed by atoms with Crippen LogP contribution in [0, 0.1) is 0 Å². The van der Waals surface area contributed by atoms with Crippen LogP contribution in [0.3, 0.4) is 0 Å². The lowest BCUT2D eigenvalue weighted by molar-refractivity contribution is 0.101. The van der Waals surface area contributed by atoms with Crippen molar-refractivity contribution in [2.24, 2.45) is 11.5 Å². The first-order valence-electron chi connectivity index (χ1n) is 5.25.